The molecule has 0 heterocycles. The van der Waals surface area contributed by atoms with E-state index in [4.69, 9.17) is 20.8 Å². The number of nitrogens with zero attached hydrogens (tertiary/aromatic N) is 1. The van der Waals surface area contributed by atoms with Gasteiger partial charge in [-0.25, -0.2) is 14.4 Å². The Morgan fingerprint density at radius 1 is 0.800 bits per heavy atom. The SMILES string of the molecule is [C-]#[N+]c1cc(C(=O)Oc2ccc(-c3ccc(C(=O)OCCCCCCCC)cc3)cc2)ccc1OCC(C)CC. The summed E-state index contributed by atoms with van der Waals surface area (Å²) in [6, 6.07) is 19.2. The van der Waals surface area contributed by atoms with E-state index in [2.05, 4.69) is 25.6 Å². The predicted molar refractivity (Wildman–Crippen MR) is 158 cm³/mol. The number of rotatable bonds is 15. The van der Waals surface area contributed by atoms with Gasteiger partial charge in [0.1, 0.15) is 11.5 Å². The normalized spacial score (nSPS) is 11.3. The van der Waals surface area contributed by atoms with Crippen molar-refractivity contribution < 1.29 is 23.8 Å². The number of carbonyl (C=O) groups is 2. The van der Waals surface area contributed by atoms with Gasteiger partial charge in [0, 0.05) is 5.56 Å². The van der Waals surface area contributed by atoms with E-state index in [-0.39, 0.29) is 17.2 Å². The van der Waals surface area contributed by atoms with Gasteiger partial charge in [-0.05, 0) is 65.9 Å². The first kappa shape index (κ1) is 30.4. The quantitative estimate of drug-likeness (QED) is 0.0831. The van der Waals surface area contributed by atoms with Crippen molar-refractivity contribution in [3.63, 3.8) is 0 Å². The van der Waals surface area contributed by atoms with Crippen molar-refractivity contribution in [3.8, 4) is 22.6 Å². The van der Waals surface area contributed by atoms with Crippen molar-refractivity contribution in [2.24, 2.45) is 5.92 Å². The summed E-state index contributed by atoms with van der Waals surface area (Å²) in [4.78, 5) is 28.5. The largest absolute Gasteiger partial charge is 0.504 e. The second-order valence-corrected chi connectivity index (χ2v) is 10.0. The summed E-state index contributed by atoms with van der Waals surface area (Å²) in [7, 11) is 0. The number of unbranched alkanes of at least 4 members (excludes halogenated alkanes) is 5. The molecular weight excluding hydrogens is 502 g/mol. The Hall–Kier alpha value is -4.11. The highest BCUT2D eigenvalue weighted by Crippen LogP contribution is 2.30. The zero-order valence-electron chi connectivity index (χ0n) is 23.8. The molecule has 1 unspecified atom stereocenters. The van der Waals surface area contributed by atoms with Gasteiger partial charge in [0.05, 0.1) is 25.3 Å². The first-order chi connectivity index (χ1) is 19.4. The average molecular weight is 542 g/mol. The fraction of sp³-hybridized carbons (Fsp3) is 0.382. The molecule has 40 heavy (non-hydrogen) atoms. The van der Waals surface area contributed by atoms with Crippen molar-refractivity contribution >= 4 is 17.6 Å². The maximum absolute atomic E-state index is 12.7. The van der Waals surface area contributed by atoms with Crippen LogP contribution in [0.3, 0.4) is 0 Å². The molecule has 3 aromatic rings. The molecule has 0 aliphatic heterocycles. The van der Waals surface area contributed by atoms with E-state index in [1.54, 1.807) is 36.4 Å². The molecule has 0 aromatic heterocycles. The Labute approximate surface area is 238 Å². The first-order valence-corrected chi connectivity index (χ1v) is 14.2. The Morgan fingerprint density at radius 3 is 2.08 bits per heavy atom. The molecular formula is C34H39NO5. The van der Waals surface area contributed by atoms with E-state index < -0.39 is 5.97 Å². The van der Waals surface area contributed by atoms with E-state index in [9.17, 15) is 9.59 Å². The third-order valence-corrected chi connectivity index (χ3v) is 6.79. The smallest absolute Gasteiger partial charge is 0.342 e. The van der Waals surface area contributed by atoms with Crippen molar-refractivity contribution in [2.45, 2.75) is 65.7 Å². The van der Waals surface area contributed by atoms with Gasteiger partial charge < -0.3 is 14.2 Å². The minimum absolute atomic E-state index is 0.280. The summed E-state index contributed by atoms with van der Waals surface area (Å²) in [5.74, 6) is 0.382. The predicted octanol–water partition coefficient (Wildman–Crippen LogP) is 9.07. The molecule has 1 atom stereocenters. The van der Waals surface area contributed by atoms with Gasteiger partial charge in [-0.15, -0.1) is 0 Å². The molecule has 0 radical (unpaired) electrons. The van der Waals surface area contributed by atoms with Crippen LogP contribution in [0, 0.1) is 12.5 Å². The van der Waals surface area contributed by atoms with E-state index in [0.29, 0.717) is 36.2 Å². The van der Waals surface area contributed by atoms with Crippen LogP contribution in [0.2, 0.25) is 0 Å². The minimum atomic E-state index is -0.546. The molecule has 6 heteroatoms. The van der Waals surface area contributed by atoms with Gasteiger partial charge in [0.2, 0.25) is 5.69 Å². The van der Waals surface area contributed by atoms with Crippen LogP contribution in [0.15, 0.2) is 66.7 Å². The van der Waals surface area contributed by atoms with Crippen LogP contribution < -0.4 is 9.47 Å². The molecule has 0 bridgehead atoms. The lowest BCUT2D eigenvalue weighted by atomic mass is 10.0. The molecule has 0 spiro atoms. The molecule has 0 saturated carbocycles. The number of carbonyl (C=O) groups excluding carboxylic acids is 2. The summed E-state index contributed by atoms with van der Waals surface area (Å²) in [6.45, 7) is 14.8. The zero-order valence-corrected chi connectivity index (χ0v) is 23.8. The number of hydrogen-bond donors (Lipinski definition) is 0. The molecule has 210 valence electrons. The first-order valence-electron chi connectivity index (χ1n) is 14.2. The lowest BCUT2D eigenvalue weighted by Gasteiger charge is -2.13. The van der Waals surface area contributed by atoms with Gasteiger partial charge in [0.15, 0.2) is 0 Å². The molecule has 0 aliphatic carbocycles. The van der Waals surface area contributed by atoms with Crippen LogP contribution in [0.1, 0.15) is 86.4 Å². The Kier molecular flexibility index (Phi) is 12.2. The highest BCUT2D eigenvalue weighted by molar-refractivity contribution is 5.93. The van der Waals surface area contributed by atoms with Gasteiger partial charge >= 0.3 is 11.9 Å². The van der Waals surface area contributed by atoms with Gasteiger partial charge in [0.25, 0.3) is 0 Å². The average Bonchev–Trinajstić information content (AvgIpc) is 2.99. The van der Waals surface area contributed by atoms with Crippen LogP contribution in [-0.4, -0.2) is 25.2 Å². The van der Waals surface area contributed by atoms with E-state index in [1.807, 2.05) is 24.3 Å². The third kappa shape index (κ3) is 9.27. The monoisotopic (exact) mass is 541 g/mol. The molecule has 0 amide bonds. The lowest BCUT2D eigenvalue weighted by Crippen LogP contribution is -2.10. The third-order valence-electron chi connectivity index (χ3n) is 6.79. The van der Waals surface area contributed by atoms with Gasteiger partial charge in [-0.1, -0.05) is 83.6 Å². The molecule has 0 N–H and O–H groups in total. The lowest BCUT2D eigenvalue weighted by molar-refractivity contribution is 0.0497. The van der Waals surface area contributed by atoms with Crippen LogP contribution >= 0.6 is 0 Å². The minimum Gasteiger partial charge on any atom is -0.504 e. The maximum Gasteiger partial charge on any atom is 0.342 e. The highest BCUT2D eigenvalue weighted by Gasteiger charge is 2.14. The molecule has 0 saturated heterocycles. The summed E-state index contributed by atoms with van der Waals surface area (Å²) in [5.41, 5.74) is 2.94. The van der Waals surface area contributed by atoms with E-state index in [0.717, 1.165) is 30.4 Å². The van der Waals surface area contributed by atoms with Gasteiger partial charge in [-0.3, -0.25) is 0 Å². The standard InChI is InChI=1S/C34H39NO5/c1-5-7-8-9-10-11-22-38-33(36)28-14-12-26(13-15-28)27-16-19-30(20-17-27)40-34(37)29-18-21-32(31(23-29)35-4)39-24-25(3)6-2/h12-21,23,25H,5-11,22,24H2,1-3H3. The van der Waals surface area contributed by atoms with E-state index in [1.165, 1.54) is 31.7 Å². The molecule has 3 rings (SSSR count). The maximum atomic E-state index is 12.7. The summed E-state index contributed by atoms with van der Waals surface area (Å²) >= 11 is 0. The summed E-state index contributed by atoms with van der Waals surface area (Å²) in [6.07, 6.45) is 7.86. The Bertz CT molecular complexity index is 1280. The number of hydrogen-bond acceptors (Lipinski definition) is 5. The highest BCUT2D eigenvalue weighted by atomic mass is 16.5. The fourth-order valence-corrected chi connectivity index (χ4v) is 4.01. The van der Waals surface area contributed by atoms with Crippen molar-refractivity contribution in [2.75, 3.05) is 13.2 Å². The summed E-state index contributed by atoms with van der Waals surface area (Å²) < 4.78 is 16.7. The van der Waals surface area contributed by atoms with Crippen LogP contribution in [-0.2, 0) is 4.74 Å². The molecule has 0 aliphatic rings. The Morgan fingerprint density at radius 2 is 1.43 bits per heavy atom. The van der Waals surface area contributed by atoms with Crippen molar-refractivity contribution in [1.29, 1.82) is 0 Å². The molecule has 6 nitrogen and oxygen atoms in total. The topological polar surface area (TPSA) is 66.2 Å². The second kappa shape index (κ2) is 16.1. The van der Waals surface area contributed by atoms with Gasteiger partial charge in [-0.2, -0.15) is 0 Å². The molecule has 0 fully saturated rings. The van der Waals surface area contributed by atoms with Crippen LogP contribution in [0.5, 0.6) is 11.5 Å². The summed E-state index contributed by atoms with van der Waals surface area (Å²) in [5, 5.41) is 0. The number of ether oxygens (including phenoxy) is 3. The zero-order chi connectivity index (χ0) is 28.7. The number of esters is 2. The fourth-order valence-electron chi connectivity index (χ4n) is 4.01. The van der Waals surface area contributed by atoms with Crippen molar-refractivity contribution in [3.05, 3.63) is 89.3 Å². The van der Waals surface area contributed by atoms with E-state index >= 15 is 0 Å². The second-order valence-electron chi connectivity index (χ2n) is 10.0. The van der Waals surface area contributed by atoms with Crippen LogP contribution in [0.25, 0.3) is 16.0 Å². The molecule has 3 aromatic carbocycles. The Balaban J connectivity index is 1.53. The van der Waals surface area contributed by atoms with Crippen molar-refractivity contribution in [1.82, 2.24) is 0 Å². The van der Waals surface area contributed by atoms with Crippen LogP contribution in [0.4, 0.5) is 5.69 Å². The number of benzene rings is 3.